The Balaban J connectivity index is 1.34. The van der Waals surface area contributed by atoms with E-state index >= 15 is 0 Å². The van der Waals surface area contributed by atoms with Gasteiger partial charge in [-0.2, -0.15) is 5.10 Å². The fraction of sp³-hybridized carbons (Fsp3) is 0.333. The van der Waals surface area contributed by atoms with Crippen LogP contribution in [0.25, 0.3) is 0 Å². The van der Waals surface area contributed by atoms with Gasteiger partial charge >= 0.3 is 0 Å². The Kier molecular flexibility index (Phi) is 5.13. The van der Waals surface area contributed by atoms with Crippen molar-refractivity contribution in [3.63, 3.8) is 0 Å². The van der Waals surface area contributed by atoms with Crippen LogP contribution < -0.4 is 9.47 Å². The van der Waals surface area contributed by atoms with Crippen LogP contribution in [0.3, 0.4) is 0 Å². The molecule has 1 unspecified atom stereocenters. The molecule has 3 heterocycles. The molecule has 1 saturated heterocycles. The lowest BCUT2D eigenvalue weighted by Gasteiger charge is -2.25. The molecule has 3 aromatic rings. The highest BCUT2D eigenvalue weighted by Crippen LogP contribution is 2.38. The summed E-state index contributed by atoms with van der Waals surface area (Å²) in [6, 6.07) is 16.2. The number of hydrogen-bond acceptors (Lipinski definition) is 4. The number of hydrogen-bond donors (Lipinski definition) is 0. The molecule has 2 aromatic carbocycles. The van der Waals surface area contributed by atoms with Crippen LogP contribution in [0.1, 0.15) is 46.8 Å². The molecule has 0 radical (unpaired) electrons. The van der Waals surface area contributed by atoms with E-state index in [2.05, 4.69) is 23.3 Å². The second-order valence-electron chi connectivity index (χ2n) is 7.83. The van der Waals surface area contributed by atoms with Gasteiger partial charge in [0, 0.05) is 19.2 Å². The Labute approximate surface area is 176 Å². The van der Waals surface area contributed by atoms with Gasteiger partial charge in [-0.3, -0.25) is 9.48 Å². The minimum absolute atomic E-state index is 0.0314. The number of carbonyl (C=O) groups excluding carboxylic acids is 1. The maximum atomic E-state index is 13.3. The average Bonchev–Trinajstić information content (AvgIpc) is 3.39. The van der Waals surface area contributed by atoms with Crippen LogP contribution in [-0.2, 0) is 6.54 Å². The van der Waals surface area contributed by atoms with Gasteiger partial charge in [0.25, 0.3) is 5.91 Å². The molecule has 2 aliphatic rings. The highest BCUT2D eigenvalue weighted by molar-refractivity contribution is 5.94. The van der Waals surface area contributed by atoms with E-state index in [1.54, 1.807) is 6.20 Å². The molecule has 2 aliphatic heterocycles. The lowest BCUT2D eigenvalue weighted by molar-refractivity contribution is 0.0735. The molecular weight excluding hydrogens is 378 g/mol. The van der Waals surface area contributed by atoms with Crippen LogP contribution in [0.15, 0.2) is 60.9 Å². The van der Waals surface area contributed by atoms with E-state index in [1.165, 1.54) is 0 Å². The van der Waals surface area contributed by atoms with Crippen molar-refractivity contribution >= 4 is 5.91 Å². The summed E-state index contributed by atoms with van der Waals surface area (Å²) < 4.78 is 13.4. The van der Waals surface area contributed by atoms with Gasteiger partial charge in [-0.15, -0.1) is 0 Å². The van der Waals surface area contributed by atoms with E-state index in [-0.39, 0.29) is 11.9 Å². The highest BCUT2D eigenvalue weighted by atomic mass is 16.5. The first-order chi connectivity index (χ1) is 14.8. The van der Waals surface area contributed by atoms with Crippen LogP contribution in [0.5, 0.6) is 11.5 Å². The van der Waals surface area contributed by atoms with Crippen LogP contribution in [-0.4, -0.2) is 40.3 Å². The summed E-state index contributed by atoms with van der Waals surface area (Å²) in [5, 5.41) is 4.40. The topological polar surface area (TPSA) is 56.6 Å². The van der Waals surface area contributed by atoms with Gasteiger partial charge < -0.3 is 14.4 Å². The maximum absolute atomic E-state index is 13.3. The first-order valence-electron chi connectivity index (χ1n) is 10.5. The van der Waals surface area contributed by atoms with Crippen LogP contribution >= 0.6 is 0 Å². The zero-order valence-corrected chi connectivity index (χ0v) is 16.9. The third-order valence-corrected chi connectivity index (χ3v) is 5.74. The van der Waals surface area contributed by atoms with Crippen molar-refractivity contribution < 1.29 is 14.3 Å². The molecule has 0 bridgehead atoms. The summed E-state index contributed by atoms with van der Waals surface area (Å²) in [5.41, 5.74) is 2.89. The Hall–Kier alpha value is -3.28. The first kappa shape index (κ1) is 18.7. The maximum Gasteiger partial charge on any atom is 0.257 e. The van der Waals surface area contributed by atoms with Crippen molar-refractivity contribution in [2.45, 2.75) is 31.8 Å². The quantitative estimate of drug-likeness (QED) is 0.659. The zero-order valence-electron chi connectivity index (χ0n) is 16.9. The number of fused-ring (bicyclic) bond motifs is 1. The average molecular weight is 403 g/mol. The van der Waals surface area contributed by atoms with E-state index in [1.807, 2.05) is 46.1 Å². The molecule has 5 rings (SSSR count). The molecule has 1 amide bonds. The largest absolute Gasteiger partial charge is 0.490 e. The lowest BCUT2D eigenvalue weighted by atomic mass is 10.0. The zero-order chi connectivity index (χ0) is 20.3. The van der Waals surface area contributed by atoms with E-state index in [0.29, 0.717) is 25.3 Å². The third-order valence-electron chi connectivity index (χ3n) is 5.74. The fourth-order valence-electron chi connectivity index (χ4n) is 4.24. The lowest BCUT2D eigenvalue weighted by Crippen LogP contribution is -2.30. The van der Waals surface area contributed by atoms with Gasteiger partial charge in [-0.1, -0.05) is 36.4 Å². The van der Waals surface area contributed by atoms with Gasteiger partial charge in [0.1, 0.15) is 0 Å². The van der Waals surface area contributed by atoms with E-state index in [0.717, 1.165) is 48.4 Å². The van der Waals surface area contributed by atoms with Crippen LogP contribution in [0.4, 0.5) is 0 Å². The van der Waals surface area contributed by atoms with E-state index in [4.69, 9.17) is 9.47 Å². The molecule has 0 N–H and O–H groups in total. The number of ether oxygens (including phenoxy) is 2. The van der Waals surface area contributed by atoms with Gasteiger partial charge in [-0.25, -0.2) is 0 Å². The number of benzene rings is 2. The number of nitrogens with zero attached hydrogens (tertiary/aromatic N) is 3. The summed E-state index contributed by atoms with van der Waals surface area (Å²) in [7, 11) is 0. The molecule has 30 heavy (non-hydrogen) atoms. The smallest absolute Gasteiger partial charge is 0.257 e. The summed E-state index contributed by atoms with van der Waals surface area (Å²) in [6.45, 7) is 2.74. The SMILES string of the molecule is O=C(c1cnn(Cc2ccccc2)c1)N1CCCC1c1ccc2c(c1)OCCCO2. The number of amides is 1. The Morgan fingerprint density at radius 2 is 1.87 bits per heavy atom. The monoisotopic (exact) mass is 403 g/mol. The van der Waals surface area contributed by atoms with Crippen molar-refractivity contribution in [1.82, 2.24) is 14.7 Å². The molecule has 1 atom stereocenters. The molecule has 1 fully saturated rings. The second kappa shape index (κ2) is 8.22. The summed E-state index contributed by atoms with van der Waals surface area (Å²) in [6.07, 6.45) is 6.34. The van der Waals surface area contributed by atoms with Crippen molar-refractivity contribution in [3.8, 4) is 11.5 Å². The van der Waals surface area contributed by atoms with Gasteiger partial charge in [0.2, 0.25) is 0 Å². The predicted molar refractivity (Wildman–Crippen MR) is 113 cm³/mol. The van der Waals surface area contributed by atoms with Crippen molar-refractivity contribution in [3.05, 3.63) is 77.6 Å². The standard InChI is InChI=1S/C24H25N3O3/c28-24(20-15-25-26(17-20)16-18-6-2-1-3-7-18)27-11-4-8-21(27)19-9-10-22-23(14-19)30-13-5-12-29-22/h1-3,6-7,9-10,14-15,17,21H,4-5,8,11-13,16H2. The summed E-state index contributed by atoms with van der Waals surface area (Å²) in [5.74, 6) is 1.60. The Bertz CT molecular complexity index is 1030. The molecule has 1 aromatic heterocycles. The third kappa shape index (κ3) is 3.77. The number of rotatable bonds is 4. The molecule has 0 saturated carbocycles. The summed E-state index contributed by atoms with van der Waals surface area (Å²) in [4.78, 5) is 15.2. The van der Waals surface area contributed by atoms with Gasteiger partial charge in [-0.05, 0) is 36.1 Å². The van der Waals surface area contributed by atoms with Crippen LogP contribution in [0, 0.1) is 0 Å². The minimum atomic E-state index is 0.0314. The van der Waals surface area contributed by atoms with Crippen molar-refractivity contribution in [1.29, 1.82) is 0 Å². The van der Waals surface area contributed by atoms with Gasteiger partial charge in [0.05, 0.1) is 37.6 Å². The minimum Gasteiger partial charge on any atom is -0.490 e. The number of carbonyl (C=O) groups is 1. The van der Waals surface area contributed by atoms with E-state index < -0.39 is 0 Å². The predicted octanol–water partition coefficient (Wildman–Crippen LogP) is 4.07. The summed E-state index contributed by atoms with van der Waals surface area (Å²) >= 11 is 0. The normalized spacial score (nSPS) is 18.3. The fourth-order valence-corrected chi connectivity index (χ4v) is 4.24. The van der Waals surface area contributed by atoms with Crippen LogP contribution in [0.2, 0.25) is 0 Å². The van der Waals surface area contributed by atoms with Gasteiger partial charge in [0.15, 0.2) is 11.5 Å². The molecule has 6 nitrogen and oxygen atoms in total. The Morgan fingerprint density at radius 1 is 1.03 bits per heavy atom. The molecule has 0 spiro atoms. The molecule has 6 heteroatoms. The highest BCUT2D eigenvalue weighted by Gasteiger charge is 2.32. The molecule has 0 aliphatic carbocycles. The second-order valence-corrected chi connectivity index (χ2v) is 7.83. The van der Waals surface area contributed by atoms with E-state index in [9.17, 15) is 4.79 Å². The molecule has 154 valence electrons. The number of likely N-dealkylation sites (tertiary alicyclic amines) is 1. The van der Waals surface area contributed by atoms with Crippen molar-refractivity contribution in [2.24, 2.45) is 0 Å². The Morgan fingerprint density at radius 3 is 2.73 bits per heavy atom. The number of aromatic nitrogens is 2. The van der Waals surface area contributed by atoms with Crippen molar-refractivity contribution in [2.75, 3.05) is 19.8 Å². The molecular formula is C24H25N3O3. The first-order valence-corrected chi connectivity index (χ1v) is 10.5.